The summed E-state index contributed by atoms with van der Waals surface area (Å²) < 4.78 is 4.93. The van der Waals surface area contributed by atoms with Gasteiger partial charge < -0.3 is 14.9 Å². The Balaban J connectivity index is 2.74. The van der Waals surface area contributed by atoms with Crippen molar-refractivity contribution < 1.29 is 14.7 Å². The fourth-order valence-electron chi connectivity index (χ4n) is 1.82. The predicted octanol–water partition coefficient (Wildman–Crippen LogP) is 3.46. The zero-order valence-electron chi connectivity index (χ0n) is 9.91. The van der Waals surface area contributed by atoms with Crippen molar-refractivity contribution in [1.29, 1.82) is 0 Å². The van der Waals surface area contributed by atoms with Gasteiger partial charge >= 0.3 is 5.97 Å². The molecule has 2 rings (SSSR count). The van der Waals surface area contributed by atoms with E-state index in [1.807, 2.05) is 0 Å². The minimum atomic E-state index is -0.555. The molecule has 0 saturated carbocycles. The van der Waals surface area contributed by atoms with Crippen molar-refractivity contribution >= 4 is 46.3 Å². The van der Waals surface area contributed by atoms with Crippen LogP contribution in [-0.2, 0) is 4.74 Å². The SMILES string of the molecule is CCOC(=O)c1[nH]c2cc(Cl)cc(Cl)c2c1C=NO. The van der Waals surface area contributed by atoms with Crippen LogP contribution in [0, 0.1) is 0 Å². The van der Waals surface area contributed by atoms with Gasteiger partial charge in [0.25, 0.3) is 0 Å². The number of halogens is 2. The van der Waals surface area contributed by atoms with E-state index >= 15 is 0 Å². The van der Waals surface area contributed by atoms with E-state index in [2.05, 4.69) is 10.1 Å². The number of H-pyrrole nitrogens is 1. The molecular weight excluding hydrogens is 291 g/mol. The molecule has 2 N–H and O–H groups in total. The minimum absolute atomic E-state index is 0.166. The van der Waals surface area contributed by atoms with E-state index in [0.29, 0.717) is 26.5 Å². The van der Waals surface area contributed by atoms with Crippen LogP contribution in [0.15, 0.2) is 17.3 Å². The summed E-state index contributed by atoms with van der Waals surface area (Å²) in [5.41, 5.74) is 1.09. The molecule has 1 aromatic carbocycles. The number of carbonyl (C=O) groups excluding carboxylic acids is 1. The predicted molar refractivity (Wildman–Crippen MR) is 73.7 cm³/mol. The van der Waals surface area contributed by atoms with Crippen molar-refractivity contribution in [2.24, 2.45) is 5.16 Å². The summed E-state index contributed by atoms with van der Waals surface area (Å²) in [6, 6.07) is 3.17. The van der Waals surface area contributed by atoms with Crippen LogP contribution in [0.2, 0.25) is 10.0 Å². The first-order valence-corrected chi connectivity index (χ1v) is 6.19. The number of fused-ring (bicyclic) bond motifs is 1. The van der Waals surface area contributed by atoms with Crippen LogP contribution in [0.4, 0.5) is 0 Å². The first kappa shape index (κ1) is 13.7. The molecule has 0 spiro atoms. The van der Waals surface area contributed by atoms with Crippen molar-refractivity contribution in [3.8, 4) is 0 Å². The summed E-state index contributed by atoms with van der Waals surface area (Å²) in [5, 5.41) is 13.0. The highest BCUT2D eigenvalue weighted by Crippen LogP contribution is 2.32. The molecule has 0 bridgehead atoms. The first-order chi connectivity index (χ1) is 9.08. The molecule has 19 heavy (non-hydrogen) atoms. The van der Waals surface area contributed by atoms with Gasteiger partial charge in [-0.1, -0.05) is 28.4 Å². The van der Waals surface area contributed by atoms with Gasteiger partial charge in [0.05, 0.1) is 17.8 Å². The Bertz CT molecular complexity index is 665. The lowest BCUT2D eigenvalue weighted by Crippen LogP contribution is -2.07. The molecular formula is C12H10Cl2N2O3. The highest BCUT2D eigenvalue weighted by molar-refractivity contribution is 6.39. The normalized spacial score (nSPS) is 11.3. The van der Waals surface area contributed by atoms with E-state index in [1.165, 1.54) is 0 Å². The highest BCUT2D eigenvalue weighted by Gasteiger charge is 2.20. The lowest BCUT2D eigenvalue weighted by Gasteiger charge is -2.00. The minimum Gasteiger partial charge on any atom is -0.461 e. The summed E-state index contributed by atoms with van der Waals surface area (Å²) in [5.74, 6) is -0.555. The zero-order valence-corrected chi connectivity index (χ0v) is 11.4. The molecule has 0 saturated heterocycles. The third kappa shape index (κ3) is 2.52. The van der Waals surface area contributed by atoms with Crippen LogP contribution in [0.1, 0.15) is 23.0 Å². The van der Waals surface area contributed by atoms with Crippen LogP contribution in [0.25, 0.3) is 10.9 Å². The molecule has 1 heterocycles. The van der Waals surface area contributed by atoms with Crippen LogP contribution in [0.5, 0.6) is 0 Å². The molecule has 0 radical (unpaired) electrons. The van der Waals surface area contributed by atoms with Crippen molar-refractivity contribution in [1.82, 2.24) is 4.98 Å². The number of aromatic amines is 1. The number of esters is 1. The Morgan fingerprint density at radius 3 is 2.89 bits per heavy atom. The third-order valence-electron chi connectivity index (χ3n) is 2.52. The van der Waals surface area contributed by atoms with Gasteiger partial charge in [-0.05, 0) is 19.1 Å². The van der Waals surface area contributed by atoms with E-state index < -0.39 is 5.97 Å². The lowest BCUT2D eigenvalue weighted by atomic mass is 10.1. The molecule has 0 aliphatic heterocycles. The van der Waals surface area contributed by atoms with E-state index in [-0.39, 0.29) is 12.3 Å². The number of ether oxygens (including phenoxy) is 1. The van der Waals surface area contributed by atoms with Gasteiger partial charge in [0, 0.05) is 21.5 Å². The van der Waals surface area contributed by atoms with E-state index in [9.17, 15) is 4.79 Å². The molecule has 7 heteroatoms. The van der Waals surface area contributed by atoms with Crippen molar-refractivity contribution in [2.45, 2.75) is 6.92 Å². The number of carbonyl (C=O) groups is 1. The average molecular weight is 301 g/mol. The molecule has 100 valence electrons. The standard InChI is InChI=1S/C12H10Cl2N2O3/c1-2-19-12(17)11-7(5-15-18)10-8(14)3-6(13)4-9(10)16-11/h3-5,16,18H,2H2,1H3. The van der Waals surface area contributed by atoms with E-state index in [0.717, 1.165) is 6.21 Å². The number of nitrogens with one attached hydrogen (secondary N) is 1. The lowest BCUT2D eigenvalue weighted by molar-refractivity contribution is 0.0520. The maximum absolute atomic E-state index is 11.8. The number of hydrogen-bond acceptors (Lipinski definition) is 4. The number of nitrogens with zero attached hydrogens (tertiary/aromatic N) is 1. The van der Waals surface area contributed by atoms with Gasteiger partial charge in [-0.3, -0.25) is 0 Å². The molecule has 0 aliphatic carbocycles. The topological polar surface area (TPSA) is 74.7 Å². The number of aromatic nitrogens is 1. The molecule has 0 fully saturated rings. The molecule has 2 aromatic rings. The molecule has 5 nitrogen and oxygen atoms in total. The van der Waals surface area contributed by atoms with Gasteiger partial charge in [-0.2, -0.15) is 0 Å². The van der Waals surface area contributed by atoms with E-state index in [4.69, 9.17) is 33.1 Å². The number of rotatable bonds is 3. The maximum atomic E-state index is 11.8. The number of oxime groups is 1. The second kappa shape index (κ2) is 5.50. The van der Waals surface area contributed by atoms with Crippen LogP contribution < -0.4 is 0 Å². The zero-order chi connectivity index (χ0) is 14.0. The second-order valence-electron chi connectivity index (χ2n) is 3.69. The number of benzene rings is 1. The number of hydrogen-bond donors (Lipinski definition) is 2. The quantitative estimate of drug-likeness (QED) is 0.394. The van der Waals surface area contributed by atoms with Crippen LogP contribution in [-0.4, -0.2) is 29.0 Å². The van der Waals surface area contributed by atoms with Gasteiger partial charge in [0.2, 0.25) is 0 Å². The highest BCUT2D eigenvalue weighted by atomic mass is 35.5. The Hall–Kier alpha value is -1.72. The van der Waals surface area contributed by atoms with Crippen molar-refractivity contribution in [3.05, 3.63) is 33.4 Å². The Labute approximate surface area is 118 Å². The Kier molecular flexibility index (Phi) is 3.97. The van der Waals surface area contributed by atoms with Crippen molar-refractivity contribution in [3.63, 3.8) is 0 Å². The van der Waals surface area contributed by atoms with E-state index in [1.54, 1.807) is 19.1 Å². The summed E-state index contributed by atoms with van der Waals surface area (Å²) >= 11 is 12.0. The third-order valence-corrected chi connectivity index (χ3v) is 3.04. The molecule has 0 aliphatic rings. The molecule has 0 amide bonds. The van der Waals surface area contributed by atoms with Crippen molar-refractivity contribution in [2.75, 3.05) is 6.61 Å². The molecule has 0 atom stereocenters. The Morgan fingerprint density at radius 1 is 1.53 bits per heavy atom. The first-order valence-electron chi connectivity index (χ1n) is 5.43. The fraction of sp³-hybridized carbons (Fsp3) is 0.167. The summed E-state index contributed by atoms with van der Waals surface area (Å²) in [6.07, 6.45) is 1.13. The monoisotopic (exact) mass is 300 g/mol. The Morgan fingerprint density at radius 2 is 2.26 bits per heavy atom. The van der Waals surface area contributed by atoms with Gasteiger partial charge in [0.1, 0.15) is 5.69 Å². The summed E-state index contributed by atoms with van der Waals surface area (Å²) in [7, 11) is 0. The van der Waals surface area contributed by atoms with Gasteiger partial charge in [-0.25, -0.2) is 4.79 Å². The largest absolute Gasteiger partial charge is 0.461 e. The summed E-state index contributed by atoms with van der Waals surface area (Å²) in [4.78, 5) is 14.7. The smallest absolute Gasteiger partial charge is 0.355 e. The van der Waals surface area contributed by atoms with Crippen LogP contribution >= 0.6 is 23.2 Å². The fourth-order valence-corrected chi connectivity index (χ4v) is 2.42. The second-order valence-corrected chi connectivity index (χ2v) is 4.53. The molecule has 0 unspecified atom stereocenters. The van der Waals surface area contributed by atoms with Crippen LogP contribution in [0.3, 0.4) is 0 Å². The average Bonchev–Trinajstić information content (AvgIpc) is 2.69. The van der Waals surface area contributed by atoms with Gasteiger partial charge in [-0.15, -0.1) is 0 Å². The molecule has 1 aromatic heterocycles. The maximum Gasteiger partial charge on any atom is 0.355 e. The summed E-state index contributed by atoms with van der Waals surface area (Å²) in [6.45, 7) is 1.93. The van der Waals surface area contributed by atoms with Gasteiger partial charge in [0.15, 0.2) is 0 Å².